The van der Waals surface area contributed by atoms with Gasteiger partial charge in [0.2, 0.25) is 0 Å². The third kappa shape index (κ3) is 2.20. The maximum Gasteiger partial charge on any atom is 0.195 e. The molecule has 18 heavy (non-hydrogen) atoms. The molecule has 0 bridgehead atoms. The number of hydrogen-bond acceptors (Lipinski definition) is 3. The average Bonchev–Trinajstić information content (AvgIpc) is 2.66. The first kappa shape index (κ1) is 13.6. The van der Waals surface area contributed by atoms with Gasteiger partial charge in [-0.1, -0.05) is 34.6 Å². The first-order valence-electron chi connectivity index (χ1n) is 7.06. The zero-order chi connectivity index (χ0) is 13.4. The standard InChI is InChI=1S/C15H26N2O/c1-6-8-16-9-7-12-17-10-11(18-12)13-14(2,3)15(13,4)5/h10,13,16H,6-9H2,1-5H3. The summed E-state index contributed by atoms with van der Waals surface area (Å²) in [5.41, 5.74) is 0.647. The number of nitrogens with zero attached hydrogens (tertiary/aromatic N) is 1. The Balaban J connectivity index is 1.92. The summed E-state index contributed by atoms with van der Waals surface area (Å²) < 4.78 is 5.91. The van der Waals surface area contributed by atoms with Crippen LogP contribution in [0, 0.1) is 10.8 Å². The molecule has 3 heteroatoms. The Morgan fingerprint density at radius 2 is 1.89 bits per heavy atom. The van der Waals surface area contributed by atoms with Gasteiger partial charge in [0.15, 0.2) is 5.89 Å². The molecule has 0 unspecified atom stereocenters. The van der Waals surface area contributed by atoms with Crippen molar-refractivity contribution in [2.75, 3.05) is 13.1 Å². The second kappa shape index (κ2) is 4.69. The van der Waals surface area contributed by atoms with E-state index in [9.17, 15) is 0 Å². The van der Waals surface area contributed by atoms with Gasteiger partial charge in [0, 0.05) is 18.9 Å². The molecule has 1 aliphatic rings. The van der Waals surface area contributed by atoms with Crippen molar-refractivity contribution >= 4 is 0 Å². The monoisotopic (exact) mass is 250 g/mol. The van der Waals surface area contributed by atoms with Gasteiger partial charge in [0.25, 0.3) is 0 Å². The van der Waals surface area contributed by atoms with Gasteiger partial charge in [-0.25, -0.2) is 4.98 Å². The summed E-state index contributed by atoms with van der Waals surface area (Å²) >= 11 is 0. The van der Waals surface area contributed by atoms with Crippen LogP contribution in [0.25, 0.3) is 0 Å². The Kier molecular flexibility index (Phi) is 3.54. The fourth-order valence-corrected chi connectivity index (χ4v) is 2.98. The minimum absolute atomic E-state index is 0.324. The molecule has 0 amide bonds. The van der Waals surface area contributed by atoms with Crippen LogP contribution >= 0.6 is 0 Å². The van der Waals surface area contributed by atoms with Crippen LogP contribution in [-0.2, 0) is 6.42 Å². The van der Waals surface area contributed by atoms with Gasteiger partial charge in [-0.2, -0.15) is 0 Å². The lowest BCUT2D eigenvalue weighted by Crippen LogP contribution is -2.17. The molecule has 3 nitrogen and oxygen atoms in total. The van der Waals surface area contributed by atoms with Crippen LogP contribution in [0.3, 0.4) is 0 Å². The van der Waals surface area contributed by atoms with E-state index in [4.69, 9.17) is 4.42 Å². The summed E-state index contributed by atoms with van der Waals surface area (Å²) in [7, 11) is 0. The smallest absolute Gasteiger partial charge is 0.195 e. The van der Waals surface area contributed by atoms with E-state index in [1.165, 1.54) is 6.42 Å². The molecular weight excluding hydrogens is 224 g/mol. The summed E-state index contributed by atoms with van der Waals surface area (Å²) in [5, 5.41) is 3.37. The summed E-state index contributed by atoms with van der Waals surface area (Å²) in [6.07, 6.45) is 3.98. The molecule has 0 aromatic carbocycles. The molecule has 1 N–H and O–H groups in total. The molecule has 0 spiro atoms. The van der Waals surface area contributed by atoms with Crippen LogP contribution in [0.4, 0.5) is 0 Å². The number of hydrogen-bond donors (Lipinski definition) is 1. The van der Waals surface area contributed by atoms with Crippen LogP contribution in [0.1, 0.15) is 58.6 Å². The zero-order valence-electron chi connectivity index (χ0n) is 12.3. The Morgan fingerprint density at radius 3 is 2.44 bits per heavy atom. The zero-order valence-corrected chi connectivity index (χ0v) is 12.3. The molecule has 0 atom stereocenters. The molecule has 0 radical (unpaired) electrons. The molecule has 1 heterocycles. The van der Waals surface area contributed by atoms with Gasteiger partial charge < -0.3 is 9.73 Å². The number of oxazole rings is 1. The van der Waals surface area contributed by atoms with Crippen molar-refractivity contribution in [1.82, 2.24) is 10.3 Å². The molecule has 1 aromatic rings. The van der Waals surface area contributed by atoms with E-state index in [-0.39, 0.29) is 0 Å². The Morgan fingerprint density at radius 1 is 1.22 bits per heavy atom. The third-order valence-electron chi connectivity index (χ3n) is 4.82. The quantitative estimate of drug-likeness (QED) is 0.787. The lowest BCUT2D eigenvalue weighted by molar-refractivity contribution is 0.433. The molecular formula is C15H26N2O. The number of aromatic nitrogens is 1. The van der Waals surface area contributed by atoms with Gasteiger partial charge in [0.05, 0.1) is 6.20 Å². The molecule has 1 aliphatic carbocycles. The highest BCUT2D eigenvalue weighted by Crippen LogP contribution is 2.73. The highest BCUT2D eigenvalue weighted by Gasteiger charge is 2.66. The molecule has 1 saturated carbocycles. The number of nitrogens with one attached hydrogen (secondary N) is 1. The normalized spacial score (nSPS) is 21.2. The van der Waals surface area contributed by atoms with Gasteiger partial charge in [-0.05, 0) is 23.8 Å². The predicted molar refractivity (Wildman–Crippen MR) is 73.7 cm³/mol. The van der Waals surface area contributed by atoms with Crippen molar-refractivity contribution in [2.45, 2.75) is 53.4 Å². The molecule has 0 aliphatic heterocycles. The lowest BCUT2D eigenvalue weighted by atomic mass is 10.0. The van der Waals surface area contributed by atoms with Gasteiger partial charge >= 0.3 is 0 Å². The first-order valence-corrected chi connectivity index (χ1v) is 7.06. The maximum absolute atomic E-state index is 5.91. The van der Waals surface area contributed by atoms with Crippen LogP contribution < -0.4 is 5.32 Å². The summed E-state index contributed by atoms with van der Waals surface area (Å²) in [6.45, 7) is 13.4. The Bertz CT molecular complexity index is 392. The van der Waals surface area contributed by atoms with Crippen LogP contribution in [0.15, 0.2) is 10.6 Å². The highest BCUT2D eigenvalue weighted by molar-refractivity contribution is 5.27. The number of rotatable bonds is 6. The van der Waals surface area contributed by atoms with Crippen molar-refractivity contribution in [3.05, 3.63) is 17.8 Å². The maximum atomic E-state index is 5.91. The molecule has 102 valence electrons. The molecule has 1 fully saturated rings. The molecule has 2 rings (SSSR count). The second-order valence-corrected chi connectivity index (χ2v) is 6.53. The molecule has 1 aromatic heterocycles. The lowest BCUT2D eigenvalue weighted by Gasteiger charge is -2.03. The largest absolute Gasteiger partial charge is 0.445 e. The highest BCUT2D eigenvalue weighted by atomic mass is 16.4. The van der Waals surface area contributed by atoms with E-state index < -0.39 is 0 Å². The van der Waals surface area contributed by atoms with Crippen molar-refractivity contribution in [3.8, 4) is 0 Å². The van der Waals surface area contributed by atoms with E-state index in [1.54, 1.807) is 0 Å². The van der Waals surface area contributed by atoms with E-state index in [2.05, 4.69) is 44.9 Å². The third-order valence-corrected chi connectivity index (χ3v) is 4.82. The second-order valence-electron chi connectivity index (χ2n) is 6.53. The van der Waals surface area contributed by atoms with Crippen LogP contribution in [-0.4, -0.2) is 18.1 Å². The van der Waals surface area contributed by atoms with Gasteiger partial charge in [-0.3, -0.25) is 0 Å². The molecule has 0 saturated heterocycles. The fraction of sp³-hybridized carbons (Fsp3) is 0.800. The summed E-state index contributed by atoms with van der Waals surface area (Å²) in [5.74, 6) is 2.44. The minimum atomic E-state index is 0.324. The summed E-state index contributed by atoms with van der Waals surface area (Å²) in [6, 6.07) is 0. The average molecular weight is 250 g/mol. The van der Waals surface area contributed by atoms with Crippen molar-refractivity contribution in [3.63, 3.8) is 0 Å². The first-order chi connectivity index (χ1) is 8.41. The SMILES string of the molecule is CCCNCCc1ncc(C2C(C)(C)C2(C)C)o1. The predicted octanol–water partition coefficient (Wildman–Crippen LogP) is 3.37. The van der Waals surface area contributed by atoms with Crippen molar-refractivity contribution < 1.29 is 4.42 Å². The summed E-state index contributed by atoms with van der Waals surface area (Å²) in [4.78, 5) is 4.40. The topological polar surface area (TPSA) is 38.1 Å². The fourth-order valence-electron chi connectivity index (χ4n) is 2.98. The van der Waals surface area contributed by atoms with E-state index in [0.717, 1.165) is 31.2 Å². The van der Waals surface area contributed by atoms with E-state index in [1.807, 2.05) is 6.20 Å². The van der Waals surface area contributed by atoms with Crippen molar-refractivity contribution in [2.24, 2.45) is 10.8 Å². The minimum Gasteiger partial charge on any atom is -0.445 e. The van der Waals surface area contributed by atoms with Crippen molar-refractivity contribution in [1.29, 1.82) is 0 Å². The van der Waals surface area contributed by atoms with E-state index >= 15 is 0 Å². The Labute approximate surface area is 110 Å². The van der Waals surface area contributed by atoms with Crippen LogP contribution in [0.2, 0.25) is 0 Å². The Hall–Kier alpha value is -0.830. The van der Waals surface area contributed by atoms with Gasteiger partial charge in [0.1, 0.15) is 5.76 Å². The van der Waals surface area contributed by atoms with E-state index in [0.29, 0.717) is 16.7 Å². The van der Waals surface area contributed by atoms with Crippen LogP contribution in [0.5, 0.6) is 0 Å². The van der Waals surface area contributed by atoms with Gasteiger partial charge in [-0.15, -0.1) is 0 Å².